The van der Waals surface area contributed by atoms with Gasteiger partial charge in [-0.3, -0.25) is 4.98 Å². The summed E-state index contributed by atoms with van der Waals surface area (Å²) in [5, 5.41) is 3.15. The summed E-state index contributed by atoms with van der Waals surface area (Å²) >= 11 is 0. The molecule has 7 nitrogen and oxygen atoms in total. The average Bonchev–Trinajstić information content (AvgIpc) is 2.72. The number of hydrogen-bond donors (Lipinski definition) is 1. The Morgan fingerprint density at radius 2 is 1.90 bits per heavy atom. The van der Waals surface area contributed by atoms with Crippen LogP contribution in [0.3, 0.4) is 0 Å². The molecule has 0 bridgehead atoms. The zero-order valence-corrected chi connectivity index (χ0v) is 17.5. The lowest BCUT2D eigenvalue weighted by Crippen LogP contribution is -2.45. The number of pyridine rings is 1. The minimum absolute atomic E-state index is 0.0347. The van der Waals surface area contributed by atoms with E-state index in [1.807, 2.05) is 44.2 Å². The highest BCUT2D eigenvalue weighted by atomic mass is 32.2. The number of nitrogens with zero attached hydrogens (tertiary/aromatic N) is 3. The third-order valence-electron chi connectivity index (χ3n) is 4.42. The van der Waals surface area contributed by atoms with Gasteiger partial charge in [0.1, 0.15) is 10.6 Å². The summed E-state index contributed by atoms with van der Waals surface area (Å²) in [5.41, 5.74) is 1.85. The van der Waals surface area contributed by atoms with Crippen molar-refractivity contribution in [1.29, 1.82) is 0 Å². The lowest BCUT2D eigenvalue weighted by Gasteiger charge is -2.31. The number of ether oxygens (including phenoxy) is 1. The van der Waals surface area contributed by atoms with Crippen LogP contribution in [0.1, 0.15) is 19.4 Å². The van der Waals surface area contributed by atoms with E-state index >= 15 is 0 Å². The van der Waals surface area contributed by atoms with Gasteiger partial charge in [-0.15, -0.1) is 0 Å². The van der Waals surface area contributed by atoms with E-state index in [1.165, 1.54) is 10.5 Å². The predicted octanol–water partition coefficient (Wildman–Crippen LogP) is 4.05. The van der Waals surface area contributed by atoms with Crippen molar-refractivity contribution in [3.8, 4) is 5.75 Å². The van der Waals surface area contributed by atoms with Crippen LogP contribution in [-0.4, -0.2) is 25.5 Å². The smallest absolute Gasteiger partial charge is 0.274 e. The normalized spacial score (nSPS) is 16.2. The van der Waals surface area contributed by atoms with Gasteiger partial charge in [-0.05, 0) is 37.6 Å². The van der Waals surface area contributed by atoms with Crippen LogP contribution >= 0.6 is 0 Å². The molecular weight excluding hydrogens is 400 g/mol. The van der Waals surface area contributed by atoms with Crippen molar-refractivity contribution in [2.24, 2.45) is 4.99 Å². The first-order valence-corrected chi connectivity index (χ1v) is 11.0. The first kappa shape index (κ1) is 19.9. The summed E-state index contributed by atoms with van der Waals surface area (Å²) in [6, 6.07) is 18.3. The van der Waals surface area contributed by atoms with Crippen molar-refractivity contribution in [2.75, 3.05) is 9.62 Å². The maximum absolute atomic E-state index is 13.5. The Kier molecular flexibility index (Phi) is 5.41. The van der Waals surface area contributed by atoms with Gasteiger partial charge in [-0.2, -0.15) is 0 Å². The van der Waals surface area contributed by atoms with Crippen molar-refractivity contribution in [2.45, 2.75) is 31.4 Å². The number of benzene rings is 2. The third kappa shape index (κ3) is 3.99. The molecule has 1 aliphatic heterocycles. The van der Waals surface area contributed by atoms with Crippen LogP contribution in [0, 0.1) is 0 Å². The zero-order valence-electron chi connectivity index (χ0n) is 16.7. The summed E-state index contributed by atoms with van der Waals surface area (Å²) in [4.78, 5) is 8.67. The molecule has 3 aromatic rings. The molecule has 0 aliphatic carbocycles. The molecule has 0 radical (unpaired) electrons. The highest BCUT2D eigenvalue weighted by Gasteiger charge is 2.37. The average molecular weight is 423 g/mol. The van der Waals surface area contributed by atoms with Gasteiger partial charge in [0, 0.05) is 18.5 Å². The summed E-state index contributed by atoms with van der Waals surface area (Å²) in [5.74, 6) is 0.802. The number of aliphatic imine (C=N–C) groups is 1. The van der Waals surface area contributed by atoms with Gasteiger partial charge in [0.2, 0.25) is 5.96 Å². The number of rotatable bonds is 5. The highest BCUT2D eigenvalue weighted by molar-refractivity contribution is 7.94. The van der Waals surface area contributed by atoms with Crippen molar-refractivity contribution in [3.05, 3.63) is 78.6 Å². The number of fused-ring (bicyclic) bond motifs is 1. The van der Waals surface area contributed by atoms with E-state index in [4.69, 9.17) is 4.74 Å². The molecule has 0 spiro atoms. The second-order valence-corrected chi connectivity index (χ2v) is 8.81. The molecule has 2 aromatic carbocycles. The quantitative estimate of drug-likeness (QED) is 0.671. The summed E-state index contributed by atoms with van der Waals surface area (Å²) in [7, 11) is -3.91. The zero-order chi connectivity index (χ0) is 21.1. The minimum Gasteiger partial charge on any atom is -0.491 e. The maximum Gasteiger partial charge on any atom is 0.274 e. The molecule has 8 heteroatoms. The standard InChI is InChI=1S/C22H22N4O3S/c1-16(2)29-19-10-6-9-18(13-19)26-22(24-14-17-7-4-3-5-8-17)25-20-11-12-23-15-21(20)30(26,27)28/h3-13,15-16H,14H2,1-2H3,(H,24,25). The fourth-order valence-electron chi connectivity index (χ4n) is 3.14. The molecule has 1 N–H and O–H groups in total. The fraction of sp³-hybridized carbons (Fsp3) is 0.182. The van der Waals surface area contributed by atoms with Gasteiger partial charge < -0.3 is 10.1 Å². The Hall–Kier alpha value is -3.39. The van der Waals surface area contributed by atoms with Crippen molar-refractivity contribution in [3.63, 3.8) is 0 Å². The Bertz CT molecular complexity index is 1180. The molecule has 154 valence electrons. The molecule has 1 aliphatic rings. The molecule has 0 fully saturated rings. The molecule has 0 unspecified atom stereocenters. The topological polar surface area (TPSA) is 83.9 Å². The number of sulfonamides is 1. The SMILES string of the molecule is CC(C)Oc1cccc(N2C(=NCc3ccccc3)Nc3ccncc3S2(=O)=O)c1. The molecule has 0 saturated carbocycles. The van der Waals surface area contributed by atoms with Crippen LogP contribution in [0.5, 0.6) is 5.75 Å². The van der Waals surface area contributed by atoms with E-state index < -0.39 is 10.0 Å². The van der Waals surface area contributed by atoms with Crippen LogP contribution in [0.4, 0.5) is 11.4 Å². The molecule has 1 aromatic heterocycles. The predicted molar refractivity (Wildman–Crippen MR) is 117 cm³/mol. The number of guanidine groups is 1. The van der Waals surface area contributed by atoms with Gasteiger partial charge in [-0.25, -0.2) is 17.7 Å². The summed E-state index contributed by atoms with van der Waals surface area (Å²) < 4.78 is 33.9. The number of anilines is 2. The Labute approximate surface area is 176 Å². The number of aromatic nitrogens is 1. The van der Waals surface area contributed by atoms with E-state index in [0.29, 0.717) is 23.7 Å². The van der Waals surface area contributed by atoms with Gasteiger partial charge in [0.15, 0.2) is 0 Å². The first-order chi connectivity index (χ1) is 14.4. The van der Waals surface area contributed by atoms with Crippen LogP contribution in [-0.2, 0) is 16.6 Å². The van der Waals surface area contributed by atoms with Gasteiger partial charge in [-0.1, -0.05) is 36.4 Å². The third-order valence-corrected chi connectivity index (χ3v) is 6.17. The lowest BCUT2D eigenvalue weighted by atomic mass is 10.2. The molecular formula is C22H22N4O3S. The van der Waals surface area contributed by atoms with Gasteiger partial charge in [0.05, 0.1) is 24.0 Å². The van der Waals surface area contributed by atoms with Crippen LogP contribution in [0.2, 0.25) is 0 Å². The molecule has 4 rings (SSSR count). The van der Waals surface area contributed by atoms with Gasteiger partial charge >= 0.3 is 0 Å². The van der Waals surface area contributed by atoms with E-state index in [1.54, 1.807) is 36.5 Å². The maximum atomic E-state index is 13.5. The monoisotopic (exact) mass is 422 g/mol. The fourth-order valence-corrected chi connectivity index (χ4v) is 4.65. The molecule has 30 heavy (non-hydrogen) atoms. The number of nitrogens with one attached hydrogen (secondary N) is 1. The Balaban J connectivity index is 1.81. The van der Waals surface area contributed by atoms with E-state index in [-0.39, 0.29) is 17.0 Å². The Morgan fingerprint density at radius 1 is 1.10 bits per heavy atom. The first-order valence-electron chi connectivity index (χ1n) is 9.56. The van der Waals surface area contributed by atoms with Crippen LogP contribution < -0.4 is 14.4 Å². The van der Waals surface area contributed by atoms with Crippen LogP contribution in [0.15, 0.2) is 82.9 Å². The van der Waals surface area contributed by atoms with Crippen LogP contribution in [0.25, 0.3) is 0 Å². The van der Waals surface area contributed by atoms with Gasteiger partial charge in [0.25, 0.3) is 10.0 Å². The largest absolute Gasteiger partial charge is 0.491 e. The van der Waals surface area contributed by atoms with Crippen molar-refractivity contribution >= 4 is 27.4 Å². The molecule has 0 amide bonds. The molecule has 2 heterocycles. The minimum atomic E-state index is -3.91. The summed E-state index contributed by atoms with van der Waals surface area (Å²) in [6.45, 7) is 4.17. The second-order valence-electron chi connectivity index (χ2n) is 7.06. The molecule has 0 saturated heterocycles. The van der Waals surface area contributed by atoms with Crippen molar-refractivity contribution in [1.82, 2.24) is 4.98 Å². The van der Waals surface area contributed by atoms with E-state index in [0.717, 1.165) is 5.56 Å². The highest BCUT2D eigenvalue weighted by Crippen LogP contribution is 2.34. The molecule has 0 atom stereocenters. The van der Waals surface area contributed by atoms with E-state index in [2.05, 4.69) is 15.3 Å². The lowest BCUT2D eigenvalue weighted by molar-refractivity contribution is 0.242. The van der Waals surface area contributed by atoms with Crippen molar-refractivity contribution < 1.29 is 13.2 Å². The Morgan fingerprint density at radius 3 is 2.67 bits per heavy atom. The number of hydrogen-bond acceptors (Lipinski definition) is 5. The summed E-state index contributed by atoms with van der Waals surface area (Å²) in [6.07, 6.45) is 2.85. The van der Waals surface area contributed by atoms with E-state index in [9.17, 15) is 8.42 Å². The second kappa shape index (κ2) is 8.16.